The first-order valence-electron chi connectivity index (χ1n) is 16.7. The summed E-state index contributed by atoms with van der Waals surface area (Å²) in [6.45, 7) is 8.23. The number of ether oxygens (including phenoxy) is 2. The number of allylic oxidation sites excluding steroid dienone is 2. The highest BCUT2D eigenvalue weighted by Gasteiger charge is 2.27. The van der Waals surface area contributed by atoms with E-state index >= 15 is 0 Å². The van der Waals surface area contributed by atoms with Crippen molar-refractivity contribution >= 4 is 17.8 Å². The number of unbranched alkanes of at least 4 members (excludes halogenated alkanes) is 1. The fourth-order valence-corrected chi connectivity index (χ4v) is 5.40. The van der Waals surface area contributed by atoms with E-state index in [1.165, 1.54) is 0 Å². The SMILES string of the molecule is C=CCCCC(Cc1ccccc1)C(=O)OCC(COCc1ccccc1)NC(=O)C(CC=C)CC(=O)N(CCO)Cc1ccccc1. The number of carbonyl (C=O) groups excluding carboxylic acids is 3. The van der Waals surface area contributed by atoms with E-state index < -0.39 is 12.0 Å². The highest BCUT2D eigenvalue weighted by atomic mass is 16.5. The average Bonchev–Trinajstić information content (AvgIpc) is 3.11. The van der Waals surface area contributed by atoms with Gasteiger partial charge in [-0.2, -0.15) is 0 Å². The maximum Gasteiger partial charge on any atom is 0.309 e. The minimum absolute atomic E-state index is 0.0650. The van der Waals surface area contributed by atoms with E-state index in [1.807, 2.05) is 97.1 Å². The Kier molecular flexibility index (Phi) is 17.5. The smallest absolute Gasteiger partial charge is 0.309 e. The van der Waals surface area contributed by atoms with Gasteiger partial charge in [-0.3, -0.25) is 14.4 Å². The molecule has 0 aliphatic carbocycles. The van der Waals surface area contributed by atoms with E-state index in [1.54, 1.807) is 11.0 Å². The van der Waals surface area contributed by atoms with Crippen LogP contribution in [0.3, 0.4) is 0 Å². The number of nitrogens with zero attached hydrogens (tertiary/aromatic N) is 1. The van der Waals surface area contributed by atoms with Crippen LogP contribution in [0, 0.1) is 11.8 Å². The highest BCUT2D eigenvalue weighted by Crippen LogP contribution is 2.19. The molecular weight excluding hydrogens is 604 g/mol. The maximum absolute atomic E-state index is 13.7. The molecule has 0 fully saturated rings. The Hall–Kier alpha value is -4.53. The fourth-order valence-electron chi connectivity index (χ4n) is 5.40. The largest absolute Gasteiger partial charge is 0.463 e. The second kappa shape index (κ2) is 22.1. The zero-order valence-electron chi connectivity index (χ0n) is 27.9. The van der Waals surface area contributed by atoms with Crippen LogP contribution in [0.1, 0.15) is 48.8 Å². The molecule has 0 aliphatic heterocycles. The monoisotopic (exact) mass is 654 g/mol. The lowest BCUT2D eigenvalue weighted by Crippen LogP contribution is -2.46. The Balaban J connectivity index is 1.69. The van der Waals surface area contributed by atoms with Crippen molar-refractivity contribution < 1.29 is 29.0 Å². The van der Waals surface area contributed by atoms with Crippen LogP contribution in [0.5, 0.6) is 0 Å². The van der Waals surface area contributed by atoms with E-state index in [9.17, 15) is 19.5 Å². The number of esters is 1. The number of carbonyl (C=O) groups is 3. The molecule has 8 nitrogen and oxygen atoms in total. The van der Waals surface area contributed by atoms with Crippen LogP contribution >= 0.6 is 0 Å². The molecule has 3 rings (SSSR count). The van der Waals surface area contributed by atoms with Crippen LogP contribution in [0.25, 0.3) is 0 Å². The lowest BCUT2D eigenvalue weighted by atomic mass is 9.94. The molecule has 0 heterocycles. The molecule has 256 valence electrons. The number of benzene rings is 3. The Labute approximate surface area is 285 Å². The molecule has 0 radical (unpaired) electrons. The normalized spacial score (nSPS) is 12.7. The molecule has 0 spiro atoms. The Bertz CT molecular complexity index is 1380. The Morgan fingerprint density at radius 1 is 0.812 bits per heavy atom. The number of amides is 2. The highest BCUT2D eigenvalue weighted by molar-refractivity contribution is 5.86. The Morgan fingerprint density at radius 2 is 1.44 bits per heavy atom. The number of aliphatic hydroxyl groups excluding tert-OH is 1. The summed E-state index contributed by atoms with van der Waals surface area (Å²) in [6, 6.07) is 28.4. The molecule has 3 aromatic rings. The molecule has 0 aromatic heterocycles. The summed E-state index contributed by atoms with van der Waals surface area (Å²) in [4.78, 5) is 42.0. The number of aliphatic hydroxyl groups is 1. The topological polar surface area (TPSA) is 105 Å². The minimum atomic E-state index is -0.705. The predicted octanol–water partition coefficient (Wildman–Crippen LogP) is 6.05. The number of hydrogen-bond acceptors (Lipinski definition) is 6. The van der Waals surface area contributed by atoms with Crippen LogP contribution in [0.2, 0.25) is 0 Å². The summed E-state index contributed by atoms with van der Waals surface area (Å²) < 4.78 is 11.8. The molecule has 3 aromatic carbocycles. The van der Waals surface area contributed by atoms with E-state index in [0.29, 0.717) is 26.0 Å². The molecule has 2 amide bonds. The van der Waals surface area contributed by atoms with Crippen molar-refractivity contribution in [3.05, 3.63) is 133 Å². The maximum atomic E-state index is 13.7. The van der Waals surface area contributed by atoms with Crippen molar-refractivity contribution in [2.24, 2.45) is 11.8 Å². The first-order chi connectivity index (χ1) is 23.4. The molecule has 3 atom stereocenters. The third kappa shape index (κ3) is 14.1. The van der Waals surface area contributed by atoms with Crippen molar-refractivity contribution in [2.45, 2.75) is 57.7 Å². The van der Waals surface area contributed by atoms with Gasteiger partial charge in [0.1, 0.15) is 6.61 Å². The van der Waals surface area contributed by atoms with Gasteiger partial charge in [0.15, 0.2) is 0 Å². The Morgan fingerprint density at radius 3 is 2.04 bits per heavy atom. The lowest BCUT2D eigenvalue weighted by Gasteiger charge is -2.26. The van der Waals surface area contributed by atoms with Gasteiger partial charge in [-0.05, 0) is 48.8 Å². The van der Waals surface area contributed by atoms with E-state index in [0.717, 1.165) is 29.5 Å². The quantitative estimate of drug-likeness (QED) is 0.0733. The van der Waals surface area contributed by atoms with Crippen molar-refractivity contribution in [1.82, 2.24) is 10.2 Å². The second-order valence-corrected chi connectivity index (χ2v) is 11.9. The summed E-state index contributed by atoms with van der Waals surface area (Å²) in [7, 11) is 0. The van der Waals surface area contributed by atoms with Crippen LogP contribution in [0.4, 0.5) is 0 Å². The number of nitrogens with one attached hydrogen (secondary N) is 1. The zero-order chi connectivity index (χ0) is 34.4. The predicted molar refractivity (Wildman–Crippen MR) is 189 cm³/mol. The van der Waals surface area contributed by atoms with E-state index in [-0.39, 0.29) is 62.9 Å². The number of hydrogen-bond donors (Lipinski definition) is 2. The molecular formula is C40H50N2O6. The molecule has 0 saturated carbocycles. The second-order valence-electron chi connectivity index (χ2n) is 11.9. The minimum Gasteiger partial charge on any atom is -0.463 e. The van der Waals surface area contributed by atoms with Crippen molar-refractivity contribution in [3.8, 4) is 0 Å². The first-order valence-corrected chi connectivity index (χ1v) is 16.7. The van der Waals surface area contributed by atoms with Gasteiger partial charge in [-0.1, -0.05) is 103 Å². The third-order valence-corrected chi connectivity index (χ3v) is 8.00. The average molecular weight is 655 g/mol. The third-order valence-electron chi connectivity index (χ3n) is 8.00. The lowest BCUT2D eigenvalue weighted by molar-refractivity contribution is -0.151. The summed E-state index contributed by atoms with van der Waals surface area (Å²) in [5.74, 6) is -1.99. The van der Waals surface area contributed by atoms with Gasteiger partial charge in [0.25, 0.3) is 0 Å². The molecule has 2 N–H and O–H groups in total. The molecule has 48 heavy (non-hydrogen) atoms. The molecule has 3 unspecified atom stereocenters. The fraction of sp³-hybridized carbons (Fsp3) is 0.375. The standard InChI is InChI=1S/C40H50N2O6/c1-3-5-9-23-36(26-32-17-10-6-11-18-32)40(46)48-31-37(30-47-29-34-21-14-8-15-22-34)41-39(45)35(16-4-2)27-38(44)42(24-25-43)28-33-19-12-7-13-20-33/h3-4,6-8,10-15,17-22,35-37,43H,1-2,5,9,16,23-31H2,(H,41,45). The summed E-state index contributed by atoms with van der Waals surface area (Å²) >= 11 is 0. The van der Waals surface area contributed by atoms with Crippen LogP contribution in [0.15, 0.2) is 116 Å². The van der Waals surface area contributed by atoms with E-state index in [4.69, 9.17) is 9.47 Å². The number of rotatable bonds is 23. The molecule has 0 bridgehead atoms. The van der Waals surface area contributed by atoms with Crippen LogP contribution < -0.4 is 5.32 Å². The first kappa shape index (κ1) is 37.9. The van der Waals surface area contributed by atoms with Gasteiger partial charge in [0.2, 0.25) is 11.8 Å². The molecule has 8 heteroatoms. The van der Waals surface area contributed by atoms with Gasteiger partial charge < -0.3 is 24.8 Å². The summed E-state index contributed by atoms with van der Waals surface area (Å²) in [5, 5.41) is 12.6. The van der Waals surface area contributed by atoms with Gasteiger partial charge in [-0.25, -0.2) is 0 Å². The zero-order valence-corrected chi connectivity index (χ0v) is 27.9. The van der Waals surface area contributed by atoms with Gasteiger partial charge in [0, 0.05) is 19.5 Å². The van der Waals surface area contributed by atoms with Gasteiger partial charge >= 0.3 is 5.97 Å². The van der Waals surface area contributed by atoms with Crippen LogP contribution in [-0.2, 0) is 43.4 Å². The van der Waals surface area contributed by atoms with Crippen molar-refractivity contribution in [1.29, 1.82) is 0 Å². The summed E-state index contributed by atoms with van der Waals surface area (Å²) in [6.07, 6.45) is 6.48. The van der Waals surface area contributed by atoms with Gasteiger partial charge in [-0.15, -0.1) is 13.2 Å². The molecule has 0 saturated heterocycles. The van der Waals surface area contributed by atoms with Gasteiger partial charge in [0.05, 0.1) is 37.7 Å². The van der Waals surface area contributed by atoms with Crippen molar-refractivity contribution in [2.75, 3.05) is 26.4 Å². The summed E-state index contributed by atoms with van der Waals surface area (Å²) in [5.41, 5.74) is 2.95. The van der Waals surface area contributed by atoms with E-state index in [2.05, 4.69) is 18.5 Å². The van der Waals surface area contributed by atoms with Crippen LogP contribution in [-0.4, -0.2) is 60.2 Å². The van der Waals surface area contributed by atoms with Crippen molar-refractivity contribution in [3.63, 3.8) is 0 Å². The molecule has 0 aliphatic rings.